The number of sulfonamides is 1. The second-order valence-electron chi connectivity index (χ2n) is 8.36. The van der Waals surface area contributed by atoms with E-state index >= 15 is 0 Å². The quantitative estimate of drug-likeness (QED) is 0.393. The fourth-order valence-electron chi connectivity index (χ4n) is 4.44. The Balaban J connectivity index is 1.54. The minimum Gasteiger partial charge on any atom is -0.460 e. The number of fused-ring (bicyclic) bond motifs is 1. The first-order valence-corrected chi connectivity index (χ1v) is 12.8. The molecule has 7 nitrogen and oxygen atoms in total. The predicted molar refractivity (Wildman–Crippen MR) is 130 cm³/mol. The molecule has 0 spiro atoms. The Hall–Kier alpha value is -3.07. The lowest BCUT2D eigenvalue weighted by molar-refractivity contribution is -0.153. The maximum absolute atomic E-state index is 13.4. The van der Waals surface area contributed by atoms with Gasteiger partial charge in [0.15, 0.2) is 0 Å². The summed E-state index contributed by atoms with van der Waals surface area (Å²) in [4.78, 5) is 24.3. The largest absolute Gasteiger partial charge is 0.460 e. The summed E-state index contributed by atoms with van der Waals surface area (Å²) in [5, 5.41) is 5.11. The highest BCUT2D eigenvalue weighted by molar-refractivity contribution is 7.89. The predicted octanol–water partition coefficient (Wildman–Crippen LogP) is 3.24. The van der Waals surface area contributed by atoms with Crippen LogP contribution in [0.3, 0.4) is 0 Å². The third-order valence-corrected chi connectivity index (χ3v) is 8.25. The lowest BCUT2D eigenvalue weighted by atomic mass is 9.81. The van der Waals surface area contributed by atoms with Crippen LogP contribution in [0, 0.1) is 0 Å². The molecule has 0 aromatic heterocycles. The van der Waals surface area contributed by atoms with Crippen LogP contribution in [-0.2, 0) is 29.9 Å². The zero-order valence-corrected chi connectivity index (χ0v) is 19.9. The molecule has 0 atom stereocenters. The first kappa shape index (κ1) is 24.1. The van der Waals surface area contributed by atoms with Crippen LogP contribution in [0.4, 0.5) is 0 Å². The van der Waals surface area contributed by atoms with Crippen molar-refractivity contribution in [3.8, 4) is 0 Å². The summed E-state index contributed by atoms with van der Waals surface area (Å²) >= 11 is 0. The standard InChI is InChI=1S/C26H28N2O5S/c1-2-33-25(30)24(29)19-27-26(22-10-4-3-5-11-22)14-16-28(17-15-26)34(31,32)23-13-12-20-8-6-7-9-21(20)18-23/h3-13,18,27H,2,14-17,19H2,1H3. The van der Waals surface area contributed by atoms with Crippen molar-refractivity contribution in [2.75, 3.05) is 26.2 Å². The molecule has 3 aromatic carbocycles. The maximum Gasteiger partial charge on any atom is 0.375 e. The van der Waals surface area contributed by atoms with Gasteiger partial charge in [0.05, 0.1) is 18.0 Å². The van der Waals surface area contributed by atoms with Crippen molar-refractivity contribution < 1.29 is 22.7 Å². The number of esters is 1. The molecule has 8 heteroatoms. The molecular weight excluding hydrogens is 452 g/mol. The Morgan fingerprint density at radius 2 is 1.59 bits per heavy atom. The Bertz CT molecular complexity index is 1280. The van der Waals surface area contributed by atoms with E-state index in [2.05, 4.69) is 5.32 Å². The third kappa shape index (κ3) is 4.89. The number of piperidine rings is 1. The molecule has 0 bridgehead atoms. The average Bonchev–Trinajstić information content (AvgIpc) is 2.88. The number of nitrogens with one attached hydrogen (secondary N) is 1. The van der Waals surface area contributed by atoms with Gasteiger partial charge in [-0.1, -0.05) is 60.7 Å². The topological polar surface area (TPSA) is 92.8 Å². The maximum atomic E-state index is 13.4. The van der Waals surface area contributed by atoms with E-state index in [9.17, 15) is 18.0 Å². The first-order chi connectivity index (χ1) is 16.4. The molecule has 178 valence electrons. The van der Waals surface area contributed by atoms with E-state index in [0.717, 1.165) is 16.3 Å². The lowest BCUT2D eigenvalue weighted by Gasteiger charge is -2.42. The Morgan fingerprint density at radius 3 is 2.26 bits per heavy atom. The van der Waals surface area contributed by atoms with E-state index in [1.54, 1.807) is 19.1 Å². The molecular formula is C26H28N2O5S. The molecule has 1 N–H and O–H groups in total. The highest BCUT2D eigenvalue weighted by atomic mass is 32.2. The van der Waals surface area contributed by atoms with Crippen LogP contribution in [-0.4, -0.2) is 50.7 Å². The van der Waals surface area contributed by atoms with Crippen LogP contribution >= 0.6 is 0 Å². The smallest absolute Gasteiger partial charge is 0.375 e. The zero-order chi connectivity index (χ0) is 24.2. The summed E-state index contributed by atoms with van der Waals surface area (Å²) in [6, 6.07) is 22.5. The van der Waals surface area contributed by atoms with Gasteiger partial charge < -0.3 is 4.74 Å². The molecule has 4 rings (SSSR count). The van der Waals surface area contributed by atoms with Crippen LogP contribution in [0.15, 0.2) is 77.7 Å². The second-order valence-corrected chi connectivity index (χ2v) is 10.3. The van der Waals surface area contributed by atoms with Crippen molar-refractivity contribution in [3.63, 3.8) is 0 Å². The Labute approximate surface area is 199 Å². The van der Waals surface area contributed by atoms with Crippen molar-refractivity contribution in [2.45, 2.75) is 30.2 Å². The normalized spacial score (nSPS) is 16.3. The van der Waals surface area contributed by atoms with Crippen LogP contribution in [0.25, 0.3) is 10.8 Å². The molecule has 1 saturated heterocycles. The lowest BCUT2D eigenvalue weighted by Crippen LogP contribution is -2.53. The molecule has 0 saturated carbocycles. The zero-order valence-electron chi connectivity index (χ0n) is 19.1. The van der Waals surface area contributed by atoms with E-state index in [-0.39, 0.29) is 31.1 Å². The van der Waals surface area contributed by atoms with Gasteiger partial charge in [-0.05, 0) is 48.2 Å². The van der Waals surface area contributed by atoms with Gasteiger partial charge in [-0.3, -0.25) is 10.1 Å². The van der Waals surface area contributed by atoms with Crippen molar-refractivity contribution in [2.24, 2.45) is 0 Å². The van der Waals surface area contributed by atoms with Gasteiger partial charge in [0.2, 0.25) is 10.0 Å². The van der Waals surface area contributed by atoms with Gasteiger partial charge >= 0.3 is 5.97 Å². The molecule has 1 aliphatic heterocycles. The summed E-state index contributed by atoms with van der Waals surface area (Å²) in [6.45, 7) is 2.17. The van der Waals surface area contributed by atoms with Gasteiger partial charge in [-0.25, -0.2) is 13.2 Å². The van der Waals surface area contributed by atoms with Gasteiger partial charge in [-0.15, -0.1) is 0 Å². The van der Waals surface area contributed by atoms with Gasteiger partial charge in [0, 0.05) is 18.6 Å². The number of hydrogen-bond acceptors (Lipinski definition) is 6. The van der Waals surface area contributed by atoms with Crippen molar-refractivity contribution in [1.82, 2.24) is 9.62 Å². The van der Waals surface area contributed by atoms with E-state index in [0.29, 0.717) is 12.8 Å². The number of carbonyl (C=O) groups is 2. The fourth-order valence-corrected chi connectivity index (χ4v) is 5.92. The number of carbonyl (C=O) groups excluding carboxylic acids is 2. The number of ether oxygens (including phenoxy) is 1. The van der Waals surface area contributed by atoms with Gasteiger partial charge in [0.1, 0.15) is 0 Å². The van der Waals surface area contributed by atoms with E-state index in [1.165, 1.54) is 4.31 Å². The summed E-state index contributed by atoms with van der Waals surface area (Å²) in [7, 11) is -3.67. The fraction of sp³-hybridized carbons (Fsp3) is 0.308. The number of benzene rings is 3. The van der Waals surface area contributed by atoms with Crippen LogP contribution in [0.5, 0.6) is 0 Å². The number of Topliss-reactive ketones (excluding diaryl/α,β-unsaturated/α-hetero) is 1. The summed E-state index contributed by atoms with van der Waals surface area (Å²) < 4.78 is 33.1. The van der Waals surface area contributed by atoms with E-state index < -0.39 is 27.3 Å². The molecule has 0 amide bonds. The molecule has 1 heterocycles. The number of rotatable bonds is 8. The Morgan fingerprint density at radius 1 is 0.941 bits per heavy atom. The Kier molecular flexibility index (Phi) is 7.11. The number of ketones is 1. The molecule has 3 aromatic rings. The molecule has 1 fully saturated rings. The van der Waals surface area contributed by atoms with Gasteiger partial charge in [-0.2, -0.15) is 4.31 Å². The minimum atomic E-state index is -3.67. The molecule has 0 radical (unpaired) electrons. The van der Waals surface area contributed by atoms with Crippen LogP contribution < -0.4 is 5.32 Å². The SMILES string of the molecule is CCOC(=O)C(=O)CNC1(c2ccccc2)CCN(S(=O)(=O)c2ccc3ccccc3c2)CC1. The second kappa shape index (κ2) is 10.0. The van der Waals surface area contributed by atoms with Crippen molar-refractivity contribution >= 4 is 32.5 Å². The molecule has 34 heavy (non-hydrogen) atoms. The van der Waals surface area contributed by atoms with Crippen LogP contribution in [0.2, 0.25) is 0 Å². The first-order valence-electron chi connectivity index (χ1n) is 11.4. The van der Waals surface area contributed by atoms with Gasteiger partial charge in [0.25, 0.3) is 5.78 Å². The van der Waals surface area contributed by atoms with Crippen LogP contribution in [0.1, 0.15) is 25.3 Å². The number of nitrogens with zero attached hydrogens (tertiary/aromatic N) is 1. The summed E-state index contributed by atoms with van der Waals surface area (Å²) in [5.41, 5.74) is 0.327. The molecule has 0 aliphatic carbocycles. The highest BCUT2D eigenvalue weighted by Gasteiger charge is 2.40. The highest BCUT2D eigenvalue weighted by Crippen LogP contribution is 2.35. The van der Waals surface area contributed by atoms with E-state index in [1.807, 2.05) is 60.7 Å². The van der Waals surface area contributed by atoms with E-state index in [4.69, 9.17) is 4.74 Å². The average molecular weight is 481 g/mol. The van der Waals surface area contributed by atoms with Crippen molar-refractivity contribution in [3.05, 3.63) is 78.4 Å². The minimum absolute atomic E-state index is 0.135. The molecule has 1 aliphatic rings. The third-order valence-electron chi connectivity index (χ3n) is 6.35. The number of hydrogen-bond donors (Lipinski definition) is 1. The summed E-state index contributed by atoms with van der Waals surface area (Å²) in [6.07, 6.45) is 0.917. The van der Waals surface area contributed by atoms with Crippen molar-refractivity contribution in [1.29, 1.82) is 0 Å². The monoisotopic (exact) mass is 480 g/mol. The summed E-state index contributed by atoms with van der Waals surface area (Å²) in [5.74, 6) is -1.52. The molecule has 0 unspecified atom stereocenters.